The highest BCUT2D eigenvalue weighted by Gasteiger charge is 2.32. The minimum atomic E-state index is -4.32. The van der Waals surface area contributed by atoms with Crippen molar-refractivity contribution >= 4 is 22.0 Å². The number of benzene rings is 1. The van der Waals surface area contributed by atoms with Gasteiger partial charge in [0.15, 0.2) is 0 Å². The summed E-state index contributed by atoms with van der Waals surface area (Å²) < 4.78 is 30.0. The van der Waals surface area contributed by atoms with Crippen molar-refractivity contribution in [1.29, 1.82) is 0 Å². The molecule has 10 heteroatoms. The zero-order valence-corrected chi connectivity index (χ0v) is 12.2. The van der Waals surface area contributed by atoms with E-state index in [2.05, 4.69) is 0 Å². The smallest absolute Gasteiger partial charge is 0.385 e. The minimum Gasteiger partial charge on any atom is -0.550 e. The fraction of sp³-hybridized carbons (Fsp3) is 0.417. The molecular formula is C12H13N2O7S-. The SMILES string of the molecule is O=C([O-])[C@H]1CCCN(S(=O)(=O)Oc2ccccc2[N+](=O)[O-])C1. The van der Waals surface area contributed by atoms with Gasteiger partial charge in [-0.25, -0.2) is 0 Å². The lowest BCUT2D eigenvalue weighted by atomic mass is 10.0. The first-order valence-electron chi connectivity index (χ1n) is 6.45. The standard InChI is InChI=1S/C12H14N2O7S/c15-12(16)9-4-3-7-13(8-9)22(19,20)21-11-6-2-1-5-10(11)14(17)18/h1-2,5-6,9H,3-4,7-8H2,(H,15,16)/p-1/t9-/m0/s1. The number of nitro benzene ring substituents is 1. The Hall–Kier alpha value is -2.20. The third-order valence-electron chi connectivity index (χ3n) is 3.29. The zero-order valence-electron chi connectivity index (χ0n) is 11.4. The molecule has 0 aromatic heterocycles. The van der Waals surface area contributed by atoms with Crippen LogP contribution >= 0.6 is 0 Å². The van der Waals surface area contributed by atoms with Crippen LogP contribution in [0.15, 0.2) is 24.3 Å². The van der Waals surface area contributed by atoms with Crippen LogP contribution in [0.3, 0.4) is 0 Å². The minimum absolute atomic E-state index is 0.0900. The highest BCUT2D eigenvalue weighted by molar-refractivity contribution is 7.84. The zero-order chi connectivity index (χ0) is 16.3. The van der Waals surface area contributed by atoms with Crippen molar-refractivity contribution in [1.82, 2.24) is 4.31 Å². The van der Waals surface area contributed by atoms with Gasteiger partial charge >= 0.3 is 16.0 Å². The van der Waals surface area contributed by atoms with Crippen molar-refractivity contribution in [3.05, 3.63) is 34.4 Å². The molecule has 22 heavy (non-hydrogen) atoms. The third kappa shape index (κ3) is 3.52. The van der Waals surface area contributed by atoms with Gasteiger partial charge in [0.05, 0.1) is 4.92 Å². The number of carboxylic acid groups (broad SMARTS) is 1. The Morgan fingerprint density at radius 2 is 2.05 bits per heavy atom. The van der Waals surface area contributed by atoms with Crippen molar-refractivity contribution < 1.29 is 27.4 Å². The van der Waals surface area contributed by atoms with Crippen LogP contribution in [0.1, 0.15) is 12.8 Å². The van der Waals surface area contributed by atoms with E-state index in [-0.39, 0.29) is 13.1 Å². The molecule has 0 saturated carbocycles. The van der Waals surface area contributed by atoms with Crippen LogP contribution in [0.2, 0.25) is 0 Å². The summed E-state index contributed by atoms with van der Waals surface area (Å²) in [6.45, 7) is -0.182. The highest BCUT2D eigenvalue weighted by Crippen LogP contribution is 2.29. The van der Waals surface area contributed by atoms with Crippen molar-refractivity contribution in [2.24, 2.45) is 5.92 Å². The molecular weight excluding hydrogens is 316 g/mol. The Morgan fingerprint density at radius 1 is 1.36 bits per heavy atom. The van der Waals surface area contributed by atoms with E-state index >= 15 is 0 Å². The summed E-state index contributed by atoms with van der Waals surface area (Å²) in [5.74, 6) is -2.66. The van der Waals surface area contributed by atoms with Crippen molar-refractivity contribution in [3.63, 3.8) is 0 Å². The molecule has 1 aliphatic heterocycles. The summed E-state index contributed by atoms with van der Waals surface area (Å²) in [6, 6.07) is 5.06. The first-order chi connectivity index (χ1) is 10.3. The topological polar surface area (TPSA) is 130 Å². The van der Waals surface area contributed by atoms with Crippen molar-refractivity contribution in [2.75, 3.05) is 13.1 Å². The maximum atomic E-state index is 12.2. The van der Waals surface area contributed by atoms with Crippen LogP contribution in [-0.4, -0.2) is 36.7 Å². The van der Waals surface area contributed by atoms with E-state index in [1.165, 1.54) is 12.1 Å². The summed E-state index contributed by atoms with van der Waals surface area (Å²) in [5, 5.41) is 21.7. The largest absolute Gasteiger partial charge is 0.550 e. The Labute approximate surface area is 126 Å². The van der Waals surface area contributed by atoms with Crippen molar-refractivity contribution in [3.8, 4) is 5.75 Å². The van der Waals surface area contributed by atoms with E-state index in [1.54, 1.807) is 0 Å². The van der Waals surface area contributed by atoms with E-state index < -0.39 is 38.6 Å². The molecule has 0 aliphatic carbocycles. The van der Waals surface area contributed by atoms with E-state index in [0.717, 1.165) is 16.4 Å². The van der Waals surface area contributed by atoms with Crippen molar-refractivity contribution in [2.45, 2.75) is 12.8 Å². The Balaban J connectivity index is 2.21. The summed E-state index contributed by atoms with van der Waals surface area (Å²) in [7, 11) is -4.32. The maximum absolute atomic E-state index is 12.2. The second kappa shape index (κ2) is 6.28. The number of hydrogen-bond acceptors (Lipinski definition) is 7. The number of para-hydroxylation sites is 2. The molecule has 0 unspecified atom stereocenters. The van der Waals surface area contributed by atoms with Crippen LogP contribution in [-0.2, 0) is 15.1 Å². The molecule has 1 atom stereocenters. The summed E-state index contributed by atoms with van der Waals surface area (Å²) in [5.41, 5.74) is -0.487. The number of aliphatic carboxylic acids is 1. The maximum Gasteiger partial charge on any atom is 0.385 e. The van der Waals surface area contributed by atoms with Gasteiger partial charge in [-0.05, 0) is 18.9 Å². The Kier molecular flexibility index (Phi) is 4.62. The number of rotatable bonds is 5. The first-order valence-corrected chi connectivity index (χ1v) is 7.81. The molecule has 1 heterocycles. The first kappa shape index (κ1) is 16.2. The van der Waals surface area contributed by atoms with Crippen LogP contribution in [0, 0.1) is 16.0 Å². The number of carbonyl (C=O) groups excluding carboxylic acids is 1. The second-order valence-corrected chi connectivity index (χ2v) is 6.32. The summed E-state index contributed by atoms with van der Waals surface area (Å²) in [6.07, 6.45) is 0.665. The lowest BCUT2D eigenvalue weighted by molar-refractivity contribution is -0.385. The number of nitrogens with zero attached hydrogens (tertiary/aromatic N) is 2. The summed E-state index contributed by atoms with van der Waals surface area (Å²) >= 11 is 0. The van der Waals surface area contributed by atoms with Crippen LogP contribution in [0.5, 0.6) is 5.75 Å². The quantitative estimate of drug-likeness (QED) is 0.534. The average molecular weight is 329 g/mol. The fourth-order valence-electron chi connectivity index (χ4n) is 2.18. The lowest BCUT2D eigenvalue weighted by Gasteiger charge is -2.31. The lowest BCUT2D eigenvalue weighted by Crippen LogP contribution is -2.47. The van der Waals surface area contributed by atoms with Gasteiger partial charge in [0.25, 0.3) is 0 Å². The van der Waals surface area contributed by atoms with Gasteiger partial charge < -0.3 is 14.1 Å². The van der Waals surface area contributed by atoms with Crippen LogP contribution in [0.25, 0.3) is 0 Å². The Bertz CT molecular complexity index is 688. The third-order valence-corrected chi connectivity index (χ3v) is 4.65. The van der Waals surface area contributed by atoms with E-state index in [4.69, 9.17) is 4.18 Å². The van der Waals surface area contributed by atoms with Gasteiger partial charge in [-0.1, -0.05) is 12.1 Å². The van der Waals surface area contributed by atoms with Gasteiger partial charge in [0.1, 0.15) is 0 Å². The number of hydrogen-bond donors (Lipinski definition) is 0. The Morgan fingerprint density at radius 3 is 2.68 bits per heavy atom. The fourth-order valence-corrected chi connectivity index (χ4v) is 3.37. The van der Waals surface area contributed by atoms with E-state index in [9.17, 15) is 28.4 Å². The van der Waals surface area contributed by atoms with Gasteiger partial charge in [-0.15, -0.1) is 0 Å². The normalized spacial score (nSPS) is 19.5. The molecule has 1 aromatic rings. The number of carboxylic acids is 1. The molecule has 0 N–H and O–H groups in total. The van der Waals surface area contributed by atoms with E-state index in [1.807, 2.05) is 0 Å². The summed E-state index contributed by atoms with van der Waals surface area (Å²) in [4.78, 5) is 21.0. The molecule has 1 fully saturated rings. The molecule has 0 bridgehead atoms. The number of carbonyl (C=O) groups is 1. The molecule has 1 aromatic carbocycles. The molecule has 0 radical (unpaired) electrons. The number of piperidine rings is 1. The molecule has 2 rings (SSSR count). The van der Waals surface area contributed by atoms with Crippen LogP contribution < -0.4 is 9.29 Å². The van der Waals surface area contributed by atoms with Gasteiger partial charge in [-0.3, -0.25) is 10.1 Å². The average Bonchev–Trinajstić information content (AvgIpc) is 2.47. The van der Waals surface area contributed by atoms with Gasteiger partial charge in [-0.2, -0.15) is 12.7 Å². The van der Waals surface area contributed by atoms with Gasteiger partial charge in [0.2, 0.25) is 5.75 Å². The van der Waals surface area contributed by atoms with E-state index in [0.29, 0.717) is 12.8 Å². The molecule has 9 nitrogen and oxygen atoms in total. The van der Waals surface area contributed by atoms with Gasteiger partial charge in [0, 0.05) is 31.0 Å². The van der Waals surface area contributed by atoms with Crippen LogP contribution in [0.4, 0.5) is 5.69 Å². The molecule has 1 aliphatic rings. The number of nitro groups is 1. The molecule has 1 saturated heterocycles. The molecule has 0 spiro atoms. The monoisotopic (exact) mass is 329 g/mol. The predicted octanol–water partition coefficient (Wildman–Crippen LogP) is -0.320. The highest BCUT2D eigenvalue weighted by atomic mass is 32.2. The predicted molar refractivity (Wildman–Crippen MR) is 71.9 cm³/mol. The molecule has 0 amide bonds. The molecule has 120 valence electrons. The second-order valence-electron chi connectivity index (χ2n) is 4.78.